The highest BCUT2D eigenvalue weighted by Gasteiger charge is 2.29. The first-order valence-corrected chi connectivity index (χ1v) is 17.1. The number of hydrogen-bond acceptors (Lipinski definition) is 6. The number of pyridine rings is 4. The van der Waals surface area contributed by atoms with E-state index in [-0.39, 0.29) is 10.8 Å². The molecule has 0 radical (unpaired) electrons. The van der Waals surface area contributed by atoms with Crippen LogP contribution in [0, 0.1) is 0 Å². The van der Waals surface area contributed by atoms with Gasteiger partial charge in [-0.25, -0.2) is 0 Å². The summed E-state index contributed by atoms with van der Waals surface area (Å²) in [5.41, 5.74) is 8.39. The summed E-state index contributed by atoms with van der Waals surface area (Å²) < 4.78 is 0. The molecular weight excluding hydrogens is 613 g/mol. The van der Waals surface area contributed by atoms with Crippen molar-refractivity contribution in [1.29, 1.82) is 0 Å². The molecule has 0 fully saturated rings. The molecule has 0 amide bonds. The molecule has 6 heteroatoms. The lowest BCUT2D eigenvalue weighted by atomic mass is 9.77. The third-order valence-corrected chi connectivity index (χ3v) is 9.57. The highest BCUT2D eigenvalue weighted by molar-refractivity contribution is 6.29. The van der Waals surface area contributed by atoms with Crippen LogP contribution in [0.2, 0.25) is 0 Å². The van der Waals surface area contributed by atoms with Crippen molar-refractivity contribution < 1.29 is 0 Å². The van der Waals surface area contributed by atoms with Crippen LogP contribution in [0.4, 0.5) is 34.1 Å². The first kappa shape index (κ1) is 31.4. The average Bonchev–Trinajstić information content (AvgIpc) is 3.12. The molecule has 0 N–H and O–H groups in total. The second-order valence-electron chi connectivity index (χ2n) is 15.0. The van der Waals surface area contributed by atoms with Crippen molar-refractivity contribution in [3.63, 3.8) is 0 Å². The van der Waals surface area contributed by atoms with Crippen molar-refractivity contribution in [1.82, 2.24) is 19.9 Å². The first-order chi connectivity index (χ1) is 24.1. The van der Waals surface area contributed by atoms with Gasteiger partial charge >= 0.3 is 0 Å². The number of aromatic nitrogens is 4. The van der Waals surface area contributed by atoms with Gasteiger partial charge in [0.05, 0.1) is 58.9 Å². The van der Waals surface area contributed by atoms with Gasteiger partial charge in [0.15, 0.2) is 0 Å². The summed E-state index contributed by atoms with van der Waals surface area (Å²) >= 11 is 0. The number of rotatable bonds is 6. The van der Waals surface area contributed by atoms with Gasteiger partial charge < -0.3 is 9.80 Å². The van der Waals surface area contributed by atoms with Gasteiger partial charge in [-0.1, -0.05) is 65.8 Å². The smallest absolute Gasteiger partial charge is 0.0645 e. The molecule has 4 aromatic heterocycles. The van der Waals surface area contributed by atoms with Crippen LogP contribution in [0.1, 0.15) is 52.7 Å². The summed E-state index contributed by atoms with van der Waals surface area (Å²) in [5, 5.41) is 7.38. The summed E-state index contributed by atoms with van der Waals surface area (Å²) in [4.78, 5) is 22.7. The second-order valence-corrected chi connectivity index (χ2v) is 15.0. The molecule has 0 aliphatic rings. The molecule has 4 heterocycles. The predicted octanol–water partition coefficient (Wildman–Crippen LogP) is 11.7. The van der Waals surface area contributed by atoms with Crippen molar-refractivity contribution >= 4 is 66.4 Å². The first-order valence-electron chi connectivity index (χ1n) is 17.1. The number of anilines is 6. The minimum Gasteiger partial charge on any atom is -0.307 e. The van der Waals surface area contributed by atoms with Gasteiger partial charge in [0.2, 0.25) is 0 Å². The molecule has 50 heavy (non-hydrogen) atoms. The fraction of sp³-hybridized carbons (Fsp3) is 0.182. The minimum absolute atomic E-state index is 0.139. The Morgan fingerprint density at radius 3 is 0.960 bits per heavy atom. The van der Waals surface area contributed by atoms with Gasteiger partial charge in [0.1, 0.15) is 0 Å². The summed E-state index contributed by atoms with van der Waals surface area (Å²) in [5.74, 6) is 0. The van der Waals surface area contributed by atoms with Crippen molar-refractivity contribution in [2.24, 2.45) is 0 Å². The number of nitrogens with zero attached hydrogens (tertiary/aromatic N) is 6. The topological polar surface area (TPSA) is 58.0 Å². The molecule has 246 valence electrons. The lowest BCUT2D eigenvalue weighted by molar-refractivity contribution is 0.595. The Balaban J connectivity index is 1.56. The summed E-state index contributed by atoms with van der Waals surface area (Å²) in [7, 11) is 0. The van der Waals surface area contributed by atoms with Gasteiger partial charge in [-0.2, -0.15) is 0 Å². The fourth-order valence-corrected chi connectivity index (χ4v) is 7.37. The molecule has 0 atom stereocenters. The molecule has 0 saturated heterocycles. The van der Waals surface area contributed by atoms with Gasteiger partial charge in [-0.3, -0.25) is 19.9 Å². The van der Waals surface area contributed by atoms with Crippen molar-refractivity contribution in [3.8, 4) is 0 Å². The van der Waals surface area contributed by atoms with Gasteiger partial charge in [0, 0.05) is 35.6 Å². The zero-order valence-electron chi connectivity index (χ0n) is 29.4. The molecule has 0 aliphatic heterocycles. The van der Waals surface area contributed by atoms with Crippen LogP contribution in [0.5, 0.6) is 0 Å². The molecule has 0 unspecified atom stereocenters. The van der Waals surface area contributed by atoms with Gasteiger partial charge in [0.25, 0.3) is 0 Å². The van der Waals surface area contributed by atoms with Crippen LogP contribution in [0.15, 0.2) is 135 Å². The van der Waals surface area contributed by atoms with Crippen LogP contribution in [0.3, 0.4) is 0 Å². The van der Waals surface area contributed by atoms with Crippen LogP contribution in [0.25, 0.3) is 32.3 Å². The standard InChI is InChI=1S/C44H40N6/c1-43(2,3)37-23-39(49(29-11-7-19-45-25-29)30-12-8-20-46-26-30)35-18-16-34-38(44(4,5)6)24-40(36-17-15-33(37)41(35)42(34)36)50(31-13-9-21-47-27-31)32-14-10-22-48-28-32/h7-28H,1-6H3. The quantitative estimate of drug-likeness (QED) is 0.167. The van der Waals surface area contributed by atoms with E-state index in [9.17, 15) is 0 Å². The van der Waals surface area contributed by atoms with E-state index in [1.807, 2.05) is 73.8 Å². The summed E-state index contributed by atoms with van der Waals surface area (Å²) in [6.45, 7) is 13.8. The maximum Gasteiger partial charge on any atom is 0.0645 e. The molecular formula is C44H40N6. The molecule has 4 aromatic carbocycles. The molecule has 6 nitrogen and oxygen atoms in total. The molecule has 0 aliphatic carbocycles. The molecule has 8 aromatic rings. The lowest BCUT2D eigenvalue weighted by Gasteiger charge is -2.33. The van der Waals surface area contributed by atoms with E-state index in [4.69, 9.17) is 0 Å². The molecule has 0 saturated carbocycles. The Bertz CT molecular complexity index is 2180. The van der Waals surface area contributed by atoms with E-state index < -0.39 is 0 Å². The van der Waals surface area contributed by atoms with Crippen molar-refractivity contribution in [2.75, 3.05) is 9.80 Å². The maximum atomic E-state index is 4.54. The van der Waals surface area contributed by atoms with Crippen molar-refractivity contribution in [2.45, 2.75) is 52.4 Å². The van der Waals surface area contributed by atoms with Crippen LogP contribution in [-0.2, 0) is 10.8 Å². The monoisotopic (exact) mass is 652 g/mol. The molecule has 0 spiro atoms. The maximum absolute atomic E-state index is 4.54. The third-order valence-electron chi connectivity index (χ3n) is 9.57. The van der Waals surface area contributed by atoms with Gasteiger partial charge in [-0.15, -0.1) is 0 Å². The molecule has 8 rings (SSSR count). The second kappa shape index (κ2) is 11.9. The van der Waals surface area contributed by atoms with E-state index in [0.29, 0.717) is 0 Å². The number of hydrogen-bond donors (Lipinski definition) is 0. The Labute approximate surface area is 293 Å². The average molecular weight is 653 g/mol. The minimum atomic E-state index is -0.139. The summed E-state index contributed by atoms with van der Waals surface area (Å²) in [6, 6.07) is 30.5. The Morgan fingerprint density at radius 1 is 0.400 bits per heavy atom. The largest absolute Gasteiger partial charge is 0.307 e. The van der Waals surface area contributed by atoms with E-state index in [1.165, 1.54) is 43.4 Å². The van der Waals surface area contributed by atoms with E-state index in [2.05, 4.69) is 132 Å². The van der Waals surface area contributed by atoms with Gasteiger partial charge in [-0.05, 0) is 104 Å². The Kier molecular flexibility index (Phi) is 7.48. The Hall–Kier alpha value is -5.88. The zero-order chi connectivity index (χ0) is 34.6. The predicted molar refractivity (Wildman–Crippen MR) is 208 cm³/mol. The van der Waals surface area contributed by atoms with E-state index >= 15 is 0 Å². The zero-order valence-corrected chi connectivity index (χ0v) is 29.4. The van der Waals surface area contributed by atoms with Crippen LogP contribution < -0.4 is 9.80 Å². The SMILES string of the molecule is CC(C)(C)c1cc(N(c2cccnc2)c2cccnc2)c2ccc3c(C(C)(C)C)cc(N(c4cccnc4)c4cccnc4)c4ccc1c2c43. The van der Waals surface area contributed by atoms with E-state index in [0.717, 1.165) is 34.1 Å². The fourth-order valence-electron chi connectivity index (χ4n) is 7.37. The normalized spacial score (nSPS) is 12.2. The van der Waals surface area contributed by atoms with Crippen LogP contribution >= 0.6 is 0 Å². The highest BCUT2D eigenvalue weighted by Crippen LogP contribution is 2.51. The number of benzene rings is 4. The Morgan fingerprint density at radius 2 is 0.700 bits per heavy atom. The lowest BCUT2D eigenvalue weighted by Crippen LogP contribution is -2.18. The molecule has 0 bridgehead atoms. The summed E-state index contributed by atoms with van der Waals surface area (Å²) in [6.07, 6.45) is 15.0. The van der Waals surface area contributed by atoms with Crippen LogP contribution in [-0.4, -0.2) is 19.9 Å². The van der Waals surface area contributed by atoms with Crippen molar-refractivity contribution in [3.05, 3.63) is 146 Å². The van der Waals surface area contributed by atoms with E-state index in [1.54, 1.807) is 0 Å². The highest BCUT2D eigenvalue weighted by atomic mass is 15.2. The third kappa shape index (κ3) is 5.28.